The van der Waals surface area contributed by atoms with E-state index in [4.69, 9.17) is 4.98 Å². The van der Waals surface area contributed by atoms with Gasteiger partial charge in [0.15, 0.2) is 0 Å². The first-order valence-electron chi connectivity index (χ1n) is 7.10. The molecule has 0 amide bonds. The molecular formula is C15H18FN3S. The molecule has 1 atom stereocenters. The number of likely N-dealkylation sites (N-methyl/N-ethyl adjacent to an activating group) is 1. The third-order valence-corrected chi connectivity index (χ3v) is 4.81. The van der Waals surface area contributed by atoms with E-state index in [-0.39, 0.29) is 5.82 Å². The molecule has 1 aliphatic rings. The van der Waals surface area contributed by atoms with Gasteiger partial charge in [0.25, 0.3) is 0 Å². The second-order valence-corrected chi connectivity index (χ2v) is 6.17. The molecule has 3 rings (SSSR count). The number of fused-ring (bicyclic) bond motifs is 1. The number of hydrogen-bond acceptors (Lipinski definition) is 4. The molecule has 0 fully saturated rings. The summed E-state index contributed by atoms with van der Waals surface area (Å²) in [5.74, 6) is 0.198. The summed E-state index contributed by atoms with van der Waals surface area (Å²) in [7, 11) is 0. The molecule has 0 aromatic carbocycles. The predicted octanol–water partition coefficient (Wildman–Crippen LogP) is 3.37. The Morgan fingerprint density at radius 2 is 2.35 bits per heavy atom. The molecule has 1 unspecified atom stereocenters. The molecule has 0 saturated carbocycles. The van der Waals surface area contributed by atoms with Crippen LogP contribution in [0.4, 0.5) is 4.39 Å². The van der Waals surface area contributed by atoms with E-state index in [0.29, 0.717) is 5.92 Å². The molecule has 20 heavy (non-hydrogen) atoms. The van der Waals surface area contributed by atoms with Crippen molar-refractivity contribution in [3.05, 3.63) is 34.7 Å². The normalized spacial score (nSPS) is 18.0. The van der Waals surface area contributed by atoms with Gasteiger partial charge in [0.1, 0.15) is 10.8 Å². The number of nitrogens with zero attached hydrogens (tertiary/aromatic N) is 2. The highest BCUT2D eigenvalue weighted by atomic mass is 32.1. The van der Waals surface area contributed by atoms with Crippen LogP contribution in [0.3, 0.4) is 0 Å². The molecule has 1 aliphatic carbocycles. The molecule has 2 heterocycles. The Bertz CT molecular complexity index is 579. The quantitative estimate of drug-likeness (QED) is 0.938. The maximum atomic E-state index is 12.9. The topological polar surface area (TPSA) is 37.8 Å². The van der Waals surface area contributed by atoms with Crippen LogP contribution in [0.1, 0.15) is 36.3 Å². The minimum absolute atomic E-state index is 0.305. The summed E-state index contributed by atoms with van der Waals surface area (Å²) in [4.78, 5) is 10.3. The number of nitrogens with one attached hydrogen (secondary N) is 1. The van der Waals surface area contributed by atoms with Gasteiger partial charge in [-0.05, 0) is 37.9 Å². The van der Waals surface area contributed by atoms with E-state index in [9.17, 15) is 4.39 Å². The van der Waals surface area contributed by atoms with E-state index < -0.39 is 0 Å². The van der Waals surface area contributed by atoms with E-state index in [2.05, 4.69) is 17.2 Å². The molecule has 0 aliphatic heterocycles. The molecular weight excluding hydrogens is 273 g/mol. The molecule has 2 aromatic rings. The van der Waals surface area contributed by atoms with Crippen molar-refractivity contribution in [3.63, 3.8) is 0 Å². The maximum Gasteiger partial charge on any atom is 0.142 e. The zero-order chi connectivity index (χ0) is 13.9. The Hall–Kier alpha value is -1.33. The average molecular weight is 291 g/mol. The van der Waals surface area contributed by atoms with Gasteiger partial charge in [-0.2, -0.15) is 0 Å². The van der Waals surface area contributed by atoms with E-state index in [1.807, 2.05) is 0 Å². The first kappa shape index (κ1) is 13.6. The third-order valence-electron chi connectivity index (χ3n) is 3.66. The van der Waals surface area contributed by atoms with Gasteiger partial charge in [0.2, 0.25) is 0 Å². The summed E-state index contributed by atoms with van der Waals surface area (Å²) >= 11 is 1.71. The smallest absolute Gasteiger partial charge is 0.142 e. The van der Waals surface area contributed by atoms with Gasteiger partial charge >= 0.3 is 0 Å². The summed E-state index contributed by atoms with van der Waals surface area (Å²) in [5.41, 5.74) is 2.00. The van der Waals surface area contributed by atoms with Crippen LogP contribution in [0.5, 0.6) is 0 Å². The van der Waals surface area contributed by atoms with Crippen molar-refractivity contribution >= 4 is 11.3 Å². The minimum Gasteiger partial charge on any atom is -0.316 e. The fourth-order valence-electron chi connectivity index (χ4n) is 2.64. The van der Waals surface area contributed by atoms with Crippen molar-refractivity contribution in [2.75, 3.05) is 13.1 Å². The molecule has 0 saturated heterocycles. The van der Waals surface area contributed by atoms with Crippen LogP contribution in [0.25, 0.3) is 10.7 Å². The lowest BCUT2D eigenvalue weighted by molar-refractivity contribution is 0.509. The Morgan fingerprint density at radius 3 is 3.10 bits per heavy atom. The maximum absolute atomic E-state index is 12.9. The fraction of sp³-hybridized carbons (Fsp3) is 0.467. The first-order valence-corrected chi connectivity index (χ1v) is 7.92. The highest BCUT2D eigenvalue weighted by Gasteiger charge is 2.24. The minimum atomic E-state index is -0.305. The van der Waals surface area contributed by atoms with Crippen molar-refractivity contribution < 1.29 is 4.39 Å². The van der Waals surface area contributed by atoms with Crippen LogP contribution in [-0.2, 0) is 6.42 Å². The van der Waals surface area contributed by atoms with Gasteiger partial charge in [-0.15, -0.1) is 11.3 Å². The number of halogens is 1. The van der Waals surface area contributed by atoms with Gasteiger partial charge in [-0.25, -0.2) is 9.37 Å². The first-order chi connectivity index (χ1) is 9.78. The largest absolute Gasteiger partial charge is 0.316 e. The summed E-state index contributed by atoms with van der Waals surface area (Å²) in [5, 5.41) is 4.33. The van der Waals surface area contributed by atoms with Crippen molar-refractivity contribution in [1.82, 2.24) is 15.3 Å². The Morgan fingerprint density at radius 1 is 1.45 bits per heavy atom. The molecule has 106 valence electrons. The molecule has 3 nitrogen and oxygen atoms in total. The van der Waals surface area contributed by atoms with Gasteiger partial charge < -0.3 is 5.32 Å². The molecule has 0 radical (unpaired) electrons. The standard InChI is InChI=1S/C15H18FN3S/c1-2-17-8-10-4-3-5-13-14(10)19-15(20-13)12-7-6-11(16)9-18-12/h6-7,9-10,17H,2-5,8H2,1H3. The van der Waals surface area contributed by atoms with Gasteiger partial charge in [-0.3, -0.25) is 4.98 Å². The Kier molecular flexibility index (Phi) is 4.08. The summed E-state index contributed by atoms with van der Waals surface area (Å²) < 4.78 is 12.9. The van der Waals surface area contributed by atoms with Gasteiger partial charge in [0, 0.05) is 17.3 Å². The van der Waals surface area contributed by atoms with Crippen molar-refractivity contribution in [2.24, 2.45) is 0 Å². The highest BCUT2D eigenvalue weighted by molar-refractivity contribution is 7.15. The lowest BCUT2D eigenvalue weighted by Gasteiger charge is -2.21. The van der Waals surface area contributed by atoms with Crippen LogP contribution < -0.4 is 5.32 Å². The zero-order valence-corrected chi connectivity index (χ0v) is 12.3. The van der Waals surface area contributed by atoms with Crippen molar-refractivity contribution in [2.45, 2.75) is 32.1 Å². The van der Waals surface area contributed by atoms with E-state index >= 15 is 0 Å². The number of pyridine rings is 1. The van der Waals surface area contributed by atoms with Crippen LogP contribution >= 0.6 is 11.3 Å². The summed E-state index contributed by atoms with van der Waals surface area (Å²) in [6.07, 6.45) is 4.78. The number of rotatable bonds is 4. The Labute approximate surface area is 122 Å². The lowest BCUT2D eigenvalue weighted by atomic mass is 9.91. The lowest BCUT2D eigenvalue weighted by Crippen LogP contribution is -2.23. The van der Waals surface area contributed by atoms with Crippen LogP contribution in [0.2, 0.25) is 0 Å². The fourth-order valence-corrected chi connectivity index (χ4v) is 3.80. The predicted molar refractivity (Wildman–Crippen MR) is 79.5 cm³/mol. The van der Waals surface area contributed by atoms with E-state index in [1.54, 1.807) is 17.4 Å². The molecule has 5 heteroatoms. The van der Waals surface area contributed by atoms with Gasteiger partial charge in [-0.1, -0.05) is 6.92 Å². The zero-order valence-electron chi connectivity index (χ0n) is 11.5. The third kappa shape index (κ3) is 2.74. The molecule has 2 aromatic heterocycles. The number of hydrogen-bond donors (Lipinski definition) is 1. The number of aryl methyl sites for hydroxylation is 1. The summed E-state index contributed by atoms with van der Waals surface area (Å²) in [6.45, 7) is 4.10. The second-order valence-electron chi connectivity index (χ2n) is 5.09. The monoisotopic (exact) mass is 291 g/mol. The number of aromatic nitrogens is 2. The van der Waals surface area contributed by atoms with Crippen LogP contribution in [0.15, 0.2) is 18.3 Å². The molecule has 0 bridgehead atoms. The Balaban J connectivity index is 1.88. The van der Waals surface area contributed by atoms with E-state index in [0.717, 1.165) is 30.2 Å². The average Bonchev–Trinajstić information content (AvgIpc) is 2.90. The van der Waals surface area contributed by atoms with Crippen molar-refractivity contribution in [3.8, 4) is 10.7 Å². The number of thiazole rings is 1. The van der Waals surface area contributed by atoms with Crippen LogP contribution in [0, 0.1) is 5.82 Å². The molecule has 0 spiro atoms. The highest BCUT2D eigenvalue weighted by Crippen LogP contribution is 2.37. The van der Waals surface area contributed by atoms with E-state index in [1.165, 1.54) is 35.7 Å². The summed E-state index contributed by atoms with van der Waals surface area (Å²) in [6, 6.07) is 3.15. The molecule has 1 N–H and O–H groups in total. The SMILES string of the molecule is CCNCC1CCCc2sc(-c3ccc(F)cn3)nc21. The second kappa shape index (κ2) is 5.97. The van der Waals surface area contributed by atoms with Gasteiger partial charge in [0.05, 0.1) is 17.6 Å². The van der Waals surface area contributed by atoms with Crippen molar-refractivity contribution in [1.29, 1.82) is 0 Å². The van der Waals surface area contributed by atoms with Crippen LogP contribution in [-0.4, -0.2) is 23.1 Å².